The smallest absolute Gasteiger partial charge is 0.253 e. The van der Waals surface area contributed by atoms with E-state index >= 15 is 0 Å². The second-order valence-electron chi connectivity index (χ2n) is 12.3. The van der Waals surface area contributed by atoms with Gasteiger partial charge in [0.1, 0.15) is 11.6 Å². The van der Waals surface area contributed by atoms with Crippen molar-refractivity contribution in [3.05, 3.63) is 35.9 Å². The number of rotatable bonds is 7. The highest BCUT2D eigenvalue weighted by molar-refractivity contribution is 6.00. The van der Waals surface area contributed by atoms with E-state index in [1.54, 1.807) is 0 Å². The first-order valence-electron chi connectivity index (χ1n) is 15.3. The Kier molecular flexibility index (Phi) is 10.2. The van der Waals surface area contributed by atoms with Crippen molar-refractivity contribution >= 4 is 30.1 Å². The molecule has 1 aromatic carbocycles. The van der Waals surface area contributed by atoms with Crippen LogP contribution in [0, 0.1) is 0 Å². The summed E-state index contributed by atoms with van der Waals surface area (Å²) in [6.07, 6.45) is 9.76. The Balaban J connectivity index is 0.00000370. The van der Waals surface area contributed by atoms with Gasteiger partial charge in [-0.25, -0.2) is 0 Å². The van der Waals surface area contributed by atoms with E-state index in [0.717, 1.165) is 76.7 Å². The van der Waals surface area contributed by atoms with Crippen LogP contribution in [0.4, 0.5) is 0 Å². The molecule has 9 heteroatoms. The van der Waals surface area contributed by atoms with Crippen molar-refractivity contribution in [2.75, 3.05) is 32.7 Å². The maximum Gasteiger partial charge on any atom is 0.253 e. The number of nitrogens with zero attached hydrogens (tertiary/aromatic N) is 3. The standard InChI is InChI=1S/C31H46N4O4.ClH/c1-2-3-18-35-28(37)26(23-30(39)14-8-5-9-15-30)32-29(38)31(35)16-21-33(22-17-31)25-12-19-34(20-13-25)27(36)24-10-6-4-7-11-24;/h4,6-7,10-11,25-26,39H,2-3,5,8-9,12-23H2,1H3,(H,32,38);1H/t26-;/m1./s1. The highest BCUT2D eigenvalue weighted by atomic mass is 35.5. The summed E-state index contributed by atoms with van der Waals surface area (Å²) < 4.78 is 0. The van der Waals surface area contributed by atoms with Crippen molar-refractivity contribution in [3.63, 3.8) is 0 Å². The van der Waals surface area contributed by atoms with Crippen molar-refractivity contribution in [3.8, 4) is 0 Å². The summed E-state index contributed by atoms with van der Waals surface area (Å²) in [5.74, 6) is 0.0526. The van der Waals surface area contributed by atoms with Crippen molar-refractivity contribution in [2.45, 2.75) is 107 Å². The Labute approximate surface area is 245 Å². The predicted molar refractivity (Wildman–Crippen MR) is 157 cm³/mol. The molecule has 3 heterocycles. The van der Waals surface area contributed by atoms with Crippen LogP contribution in [0.25, 0.3) is 0 Å². The van der Waals surface area contributed by atoms with Gasteiger partial charge < -0.3 is 25.1 Å². The highest BCUT2D eigenvalue weighted by Crippen LogP contribution is 2.38. The molecule has 2 N–H and O–H groups in total. The number of halogens is 1. The first kappa shape index (κ1) is 30.8. The van der Waals surface area contributed by atoms with E-state index in [9.17, 15) is 19.5 Å². The summed E-state index contributed by atoms with van der Waals surface area (Å²) in [6, 6.07) is 9.24. The third-order valence-corrected chi connectivity index (χ3v) is 9.83. The zero-order chi connectivity index (χ0) is 27.5. The van der Waals surface area contributed by atoms with E-state index in [4.69, 9.17) is 0 Å². The van der Waals surface area contributed by atoms with Crippen molar-refractivity contribution in [1.82, 2.24) is 20.0 Å². The number of carbonyl (C=O) groups excluding carboxylic acids is 3. The Morgan fingerprint density at radius 3 is 2.25 bits per heavy atom. The minimum Gasteiger partial charge on any atom is -0.390 e. The molecule has 3 amide bonds. The summed E-state index contributed by atoms with van der Waals surface area (Å²) in [5, 5.41) is 14.2. The van der Waals surface area contributed by atoms with Gasteiger partial charge in [0, 0.05) is 50.7 Å². The lowest BCUT2D eigenvalue weighted by Gasteiger charge is -2.53. The molecule has 4 aliphatic rings. The molecule has 222 valence electrons. The molecule has 8 nitrogen and oxygen atoms in total. The van der Waals surface area contributed by atoms with Gasteiger partial charge in [0.2, 0.25) is 11.8 Å². The lowest BCUT2D eigenvalue weighted by molar-refractivity contribution is -0.164. The number of unbranched alkanes of at least 4 members (excludes halogenated alkanes) is 1. The second kappa shape index (κ2) is 13.2. The SMILES string of the molecule is CCCCN1C(=O)[C@@H](CC2(O)CCCCC2)NC(=O)C12CCN(C1CCN(C(=O)c3ccccc3)CC1)CC2.Cl. The fourth-order valence-corrected chi connectivity index (χ4v) is 7.40. The Morgan fingerprint density at radius 1 is 0.975 bits per heavy atom. The minimum atomic E-state index is -0.854. The normalized spacial score (nSPS) is 25.4. The average Bonchev–Trinajstić information content (AvgIpc) is 2.97. The Morgan fingerprint density at radius 2 is 1.62 bits per heavy atom. The van der Waals surface area contributed by atoms with Crippen LogP contribution in [0.5, 0.6) is 0 Å². The van der Waals surface area contributed by atoms with Gasteiger partial charge in [-0.15, -0.1) is 12.4 Å². The molecule has 0 radical (unpaired) electrons. The van der Waals surface area contributed by atoms with Gasteiger partial charge in [0.05, 0.1) is 5.60 Å². The fraction of sp³-hybridized carbons (Fsp3) is 0.710. The van der Waals surface area contributed by atoms with Crippen LogP contribution < -0.4 is 5.32 Å². The van der Waals surface area contributed by atoms with Gasteiger partial charge in [-0.05, 0) is 57.1 Å². The molecule has 3 saturated heterocycles. The quantitative estimate of drug-likeness (QED) is 0.517. The summed E-state index contributed by atoms with van der Waals surface area (Å²) in [7, 11) is 0. The van der Waals surface area contributed by atoms with Gasteiger partial charge in [-0.3, -0.25) is 14.4 Å². The molecule has 4 fully saturated rings. The molecule has 1 saturated carbocycles. The molecule has 0 unspecified atom stereocenters. The molecule has 5 rings (SSSR count). The Bertz CT molecular complexity index is 1020. The molecule has 0 bridgehead atoms. The van der Waals surface area contributed by atoms with E-state index in [0.29, 0.717) is 44.7 Å². The second-order valence-corrected chi connectivity index (χ2v) is 12.3. The Hall–Kier alpha value is -2.16. The number of carbonyl (C=O) groups is 3. The fourth-order valence-electron chi connectivity index (χ4n) is 7.40. The van der Waals surface area contributed by atoms with Gasteiger partial charge in [-0.2, -0.15) is 0 Å². The number of hydrogen-bond donors (Lipinski definition) is 2. The number of piperazine rings is 1. The molecule has 1 spiro atoms. The summed E-state index contributed by atoms with van der Waals surface area (Å²) >= 11 is 0. The highest BCUT2D eigenvalue weighted by Gasteiger charge is 2.54. The van der Waals surface area contributed by atoms with Gasteiger partial charge >= 0.3 is 0 Å². The van der Waals surface area contributed by atoms with Crippen molar-refractivity contribution < 1.29 is 19.5 Å². The first-order valence-corrected chi connectivity index (χ1v) is 15.3. The zero-order valence-electron chi connectivity index (χ0n) is 24.0. The van der Waals surface area contributed by atoms with Crippen molar-refractivity contribution in [2.24, 2.45) is 0 Å². The van der Waals surface area contributed by atoms with Crippen molar-refractivity contribution in [1.29, 1.82) is 0 Å². The summed E-state index contributed by atoms with van der Waals surface area (Å²) in [4.78, 5) is 46.7. The molecular formula is C31H47ClN4O4. The van der Waals surface area contributed by atoms with Gasteiger partial charge in [0.25, 0.3) is 5.91 Å². The van der Waals surface area contributed by atoms with E-state index in [2.05, 4.69) is 17.1 Å². The van der Waals surface area contributed by atoms with E-state index < -0.39 is 17.2 Å². The van der Waals surface area contributed by atoms with E-state index in [1.165, 1.54) is 0 Å². The van der Waals surface area contributed by atoms with Crippen LogP contribution in [-0.4, -0.2) is 93.5 Å². The van der Waals surface area contributed by atoms with E-state index in [1.807, 2.05) is 40.1 Å². The summed E-state index contributed by atoms with van der Waals surface area (Å²) in [6.45, 7) is 5.74. The minimum absolute atomic E-state index is 0. The van der Waals surface area contributed by atoms with E-state index in [-0.39, 0.29) is 30.1 Å². The molecular weight excluding hydrogens is 528 g/mol. The monoisotopic (exact) mass is 574 g/mol. The first-order chi connectivity index (χ1) is 18.8. The van der Waals surface area contributed by atoms with Crippen LogP contribution in [0.15, 0.2) is 30.3 Å². The average molecular weight is 575 g/mol. The molecule has 1 aromatic rings. The summed E-state index contributed by atoms with van der Waals surface area (Å²) in [5.41, 5.74) is -0.907. The zero-order valence-corrected chi connectivity index (χ0v) is 24.8. The van der Waals surface area contributed by atoms with Gasteiger partial charge in [0.15, 0.2) is 0 Å². The molecule has 1 aliphatic carbocycles. The van der Waals surface area contributed by atoms with Gasteiger partial charge in [-0.1, -0.05) is 50.8 Å². The topological polar surface area (TPSA) is 93.2 Å². The number of likely N-dealkylation sites (tertiary alicyclic amines) is 2. The molecule has 3 aliphatic heterocycles. The number of aliphatic hydroxyl groups is 1. The third-order valence-electron chi connectivity index (χ3n) is 9.83. The third kappa shape index (κ3) is 6.34. The van der Waals surface area contributed by atoms with Crippen LogP contribution in [0.3, 0.4) is 0 Å². The molecule has 1 atom stereocenters. The van der Waals surface area contributed by atoms with Crippen LogP contribution in [0.1, 0.15) is 94.3 Å². The molecule has 0 aromatic heterocycles. The number of nitrogens with one attached hydrogen (secondary N) is 1. The maximum absolute atomic E-state index is 13.8. The number of piperidine rings is 2. The lowest BCUT2D eigenvalue weighted by atomic mass is 9.77. The lowest BCUT2D eigenvalue weighted by Crippen LogP contribution is -2.73. The van der Waals surface area contributed by atoms with Crippen LogP contribution >= 0.6 is 12.4 Å². The van der Waals surface area contributed by atoms with Crippen LogP contribution in [0.2, 0.25) is 0 Å². The molecule has 40 heavy (non-hydrogen) atoms. The largest absolute Gasteiger partial charge is 0.390 e. The predicted octanol–water partition coefficient (Wildman–Crippen LogP) is 3.76. The van der Waals surface area contributed by atoms with Crippen LogP contribution in [-0.2, 0) is 9.59 Å². The number of benzene rings is 1. The number of amides is 3. The maximum atomic E-state index is 13.8. The number of hydrogen-bond acceptors (Lipinski definition) is 5.